The predicted molar refractivity (Wildman–Crippen MR) is 112 cm³/mol. The molecule has 0 unspecified atom stereocenters. The van der Waals surface area contributed by atoms with Gasteiger partial charge in [0.05, 0.1) is 22.6 Å². The van der Waals surface area contributed by atoms with Crippen molar-refractivity contribution in [2.45, 2.75) is 4.90 Å². The number of nitrogens with zero attached hydrogens (tertiary/aromatic N) is 1. The van der Waals surface area contributed by atoms with Gasteiger partial charge in [-0.05, 0) is 35.0 Å². The SMILES string of the molecule is O=C(CNS(=O)(=O)c1ccc2ccccc2c1)OCCN1C(=O)c2ccccc2C1=O. The van der Waals surface area contributed by atoms with E-state index in [0.717, 1.165) is 15.7 Å². The van der Waals surface area contributed by atoms with Crippen LogP contribution in [-0.4, -0.2) is 50.8 Å². The molecule has 3 aromatic carbocycles. The van der Waals surface area contributed by atoms with Gasteiger partial charge in [0, 0.05) is 0 Å². The maximum atomic E-state index is 12.5. The quantitative estimate of drug-likeness (QED) is 0.446. The Morgan fingerprint density at radius 2 is 1.48 bits per heavy atom. The molecule has 3 aromatic rings. The molecule has 0 atom stereocenters. The molecule has 0 saturated carbocycles. The fourth-order valence-electron chi connectivity index (χ4n) is 3.32. The molecule has 2 amide bonds. The van der Waals surface area contributed by atoms with E-state index in [1.165, 1.54) is 12.1 Å². The van der Waals surface area contributed by atoms with Gasteiger partial charge in [-0.15, -0.1) is 0 Å². The smallest absolute Gasteiger partial charge is 0.321 e. The monoisotopic (exact) mass is 438 g/mol. The highest BCUT2D eigenvalue weighted by Crippen LogP contribution is 2.22. The molecule has 0 aliphatic carbocycles. The lowest BCUT2D eigenvalue weighted by atomic mass is 10.1. The lowest BCUT2D eigenvalue weighted by Gasteiger charge is -2.14. The van der Waals surface area contributed by atoms with Gasteiger partial charge in [-0.2, -0.15) is 4.72 Å². The number of imide groups is 1. The fourth-order valence-corrected chi connectivity index (χ4v) is 4.32. The van der Waals surface area contributed by atoms with Crippen LogP contribution < -0.4 is 4.72 Å². The van der Waals surface area contributed by atoms with Crippen LogP contribution in [0.25, 0.3) is 10.8 Å². The van der Waals surface area contributed by atoms with Crippen LogP contribution in [0.1, 0.15) is 20.7 Å². The van der Waals surface area contributed by atoms with Gasteiger partial charge in [0.2, 0.25) is 10.0 Å². The van der Waals surface area contributed by atoms with E-state index in [2.05, 4.69) is 4.72 Å². The van der Waals surface area contributed by atoms with E-state index in [-0.39, 0.29) is 18.0 Å². The van der Waals surface area contributed by atoms with Crippen LogP contribution in [-0.2, 0) is 19.6 Å². The number of benzene rings is 3. The first kappa shape index (κ1) is 20.7. The van der Waals surface area contributed by atoms with Gasteiger partial charge in [0.25, 0.3) is 11.8 Å². The first-order valence-electron chi connectivity index (χ1n) is 9.46. The molecule has 0 spiro atoms. The van der Waals surface area contributed by atoms with Crippen molar-refractivity contribution in [3.63, 3.8) is 0 Å². The number of fused-ring (bicyclic) bond motifs is 2. The number of ether oxygens (including phenoxy) is 1. The third kappa shape index (κ3) is 4.18. The summed E-state index contributed by atoms with van der Waals surface area (Å²) in [6.07, 6.45) is 0. The summed E-state index contributed by atoms with van der Waals surface area (Å²) in [6.45, 7) is -0.922. The Labute approximate surface area is 178 Å². The van der Waals surface area contributed by atoms with Crippen molar-refractivity contribution in [3.8, 4) is 0 Å². The molecule has 4 rings (SSSR count). The van der Waals surface area contributed by atoms with Gasteiger partial charge < -0.3 is 4.74 Å². The largest absolute Gasteiger partial charge is 0.463 e. The van der Waals surface area contributed by atoms with Crippen molar-refractivity contribution < 1.29 is 27.5 Å². The summed E-state index contributed by atoms with van der Waals surface area (Å²) in [6, 6.07) is 18.4. The zero-order valence-corrected chi connectivity index (χ0v) is 17.1. The molecule has 0 fully saturated rings. The van der Waals surface area contributed by atoms with E-state index in [9.17, 15) is 22.8 Å². The lowest BCUT2D eigenvalue weighted by molar-refractivity contribution is -0.142. The highest BCUT2D eigenvalue weighted by atomic mass is 32.2. The number of carbonyl (C=O) groups is 3. The average molecular weight is 438 g/mol. The predicted octanol–water partition coefficient (Wildman–Crippen LogP) is 1.96. The van der Waals surface area contributed by atoms with E-state index in [1.807, 2.05) is 12.1 Å². The zero-order valence-electron chi connectivity index (χ0n) is 16.3. The number of hydrogen-bond acceptors (Lipinski definition) is 6. The van der Waals surface area contributed by atoms with E-state index in [0.29, 0.717) is 11.1 Å². The summed E-state index contributed by atoms with van der Waals surface area (Å²) in [7, 11) is -3.91. The van der Waals surface area contributed by atoms with Gasteiger partial charge in [-0.25, -0.2) is 8.42 Å². The summed E-state index contributed by atoms with van der Waals surface area (Å²) < 4.78 is 32.1. The molecule has 8 nitrogen and oxygen atoms in total. The fraction of sp³-hybridized carbons (Fsp3) is 0.136. The Morgan fingerprint density at radius 3 is 2.16 bits per heavy atom. The number of rotatable bonds is 7. The van der Waals surface area contributed by atoms with Crippen LogP contribution in [0.15, 0.2) is 71.6 Å². The molecule has 0 bridgehead atoms. The number of amides is 2. The summed E-state index contributed by atoms with van der Waals surface area (Å²) in [5, 5.41) is 1.66. The third-order valence-corrected chi connectivity index (χ3v) is 6.29. The minimum absolute atomic E-state index is 0.0324. The van der Waals surface area contributed by atoms with Crippen LogP contribution in [0, 0.1) is 0 Å². The Bertz CT molecular complexity index is 1270. The van der Waals surface area contributed by atoms with Crippen LogP contribution in [0.2, 0.25) is 0 Å². The van der Waals surface area contributed by atoms with Crippen molar-refractivity contribution in [1.82, 2.24) is 9.62 Å². The van der Waals surface area contributed by atoms with Crippen molar-refractivity contribution in [2.75, 3.05) is 19.7 Å². The lowest BCUT2D eigenvalue weighted by Crippen LogP contribution is -2.35. The van der Waals surface area contributed by atoms with E-state index in [4.69, 9.17) is 4.74 Å². The van der Waals surface area contributed by atoms with E-state index >= 15 is 0 Å². The zero-order chi connectivity index (χ0) is 22.0. The third-order valence-electron chi connectivity index (χ3n) is 4.89. The average Bonchev–Trinajstić information content (AvgIpc) is 3.02. The molecular weight excluding hydrogens is 420 g/mol. The highest BCUT2D eigenvalue weighted by Gasteiger charge is 2.34. The molecule has 0 aromatic heterocycles. The number of nitrogens with one attached hydrogen (secondary N) is 1. The minimum atomic E-state index is -3.91. The van der Waals surface area contributed by atoms with Crippen LogP contribution in [0.3, 0.4) is 0 Å². The molecule has 9 heteroatoms. The molecule has 31 heavy (non-hydrogen) atoms. The molecule has 0 radical (unpaired) electrons. The van der Waals surface area contributed by atoms with Crippen LogP contribution in [0.5, 0.6) is 0 Å². The second kappa shape index (κ2) is 8.29. The van der Waals surface area contributed by atoms with E-state index in [1.54, 1.807) is 42.5 Å². The van der Waals surface area contributed by atoms with Crippen LogP contribution in [0.4, 0.5) is 0 Å². The molecule has 1 aliphatic rings. The number of hydrogen-bond donors (Lipinski definition) is 1. The summed E-state index contributed by atoms with van der Waals surface area (Å²) in [5.41, 5.74) is 0.615. The molecule has 1 N–H and O–H groups in total. The Morgan fingerprint density at radius 1 is 0.871 bits per heavy atom. The van der Waals surface area contributed by atoms with Crippen LogP contribution >= 0.6 is 0 Å². The van der Waals surface area contributed by atoms with Gasteiger partial charge >= 0.3 is 5.97 Å². The highest BCUT2D eigenvalue weighted by molar-refractivity contribution is 7.89. The number of esters is 1. The summed E-state index contributed by atoms with van der Waals surface area (Å²) >= 11 is 0. The van der Waals surface area contributed by atoms with Crippen molar-refractivity contribution in [1.29, 1.82) is 0 Å². The standard InChI is InChI=1S/C22H18N2O6S/c25-20(30-12-11-24-21(26)18-7-3-4-8-19(18)22(24)27)14-23-31(28,29)17-10-9-15-5-1-2-6-16(15)13-17/h1-10,13,23H,11-12,14H2. The Kier molecular flexibility index (Phi) is 5.53. The topological polar surface area (TPSA) is 110 Å². The first-order valence-corrected chi connectivity index (χ1v) is 10.9. The number of sulfonamides is 1. The molecule has 1 aliphatic heterocycles. The normalized spacial score (nSPS) is 13.5. The molecule has 1 heterocycles. The van der Waals surface area contributed by atoms with Crippen molar-refractivity contribution in [3.05, 3.63) is 77.9 Å². The Hall–Kier alpha value is -3.56. The van der Waals surface area contributed by atoms with Gasteiger partial charge in [-0.3, -0.25) is 19.3 Å². The van der Waals surface area contributed by atoms with Crippen molar-refractivity contribution in [2.24, 2.45) is 0 Å². The molecule has 158 valence electrons. The second-order valence-corrected chi connectivity index (χ2v) is 8.63. The minimum Gasteiger partial charge on any atom is -0.463 e. The number of carbonyl (C=O) groups excluding carboxylic acids is 3. The van der Waals surface area contributed by atoms with E-state index < -0.39 is 34.4 Å². The molecule has 0 saturated heterocycles. The van der Waals surface area contributed by atoms with Gasteiger partial charge in [-0.1, -0.05) is 42.5 Å². The maximum absolute atomic E-state index is 12.5. The second-order valence-electron chi connectivity index (χ2n) is 6.86. The van der Waals surface area contributed by atoms with Gasteiger partial charge in [0.1, 0.15) is 13.2 Å². The molecular formula is C22H18N2O6S. The Balaban J connectivity index is 1.30. The van der Waals surface area contributed by atoms with Crippen molar-refractivity contribution >= 4 is 38.6 Å². The van der Waals surface area contributed by atoms with Gasteiger partial charge in [0.15, 0.2) is 0 Å². The summed E-state index contributed by atoms with van der Waals surface area (Å²) in [5.74, 6) is -1.72. The summed E-state index contributed by atoms with van der Waals surface area (Å²) in [4.78, 5) is 37.5. The maximum Gasteiger partial charge on any atom is 0.321 e. The first-order chi connectivity index (χ1) is 14.9.